The van der Waals surface area contributed by atoms with Gasteiger partial charge in [0.2, 0.25) is 0 Å². The highest BCUT2D eigenvalue weighted by Gasteiger charge is 2.45. The monoisotopic (exact) mass is 153 g/mol. The third-order valence-corrected chi connectivity index (χ3v) is 2.64. The van der Waals surface area contributed by atoms with Crippen LogP contribution in [0.5, 0.6) is 0 Å². The van der Waals surface area contributed by atoms with Gasteiger partial charge in [0, 0.05) is 12.6 Å². The molecule has 3 heteroatoms. The fourth-order valence-corrected chi connectivity index (χ4v) is 1.99. The van der Waals surface area contributed by atoms with Gasteiger partial charge in [0.1, 0.15) is 6.04 Å². The number of hydrogen-bond donors (Lipinski definition) is 1. The number of fused-ring (bicyclic) bond motifs is 1. The summed E-state index contributed by atoms with van der Waals surface area (Å²) < 4.78 is 0. The van der Waals surface area contributed by atoms with Crippen molar-refractivity contribution < 1.29 is 9.90 Å². The molecule has 2 fully saturated rings. The van der Waals surface area contributed by atoms with Gasteiger partial charge in [-0.3, -0.25) is 9.69 Å². The van der Waals surface area contributed by atoms with E-state index >= 15 is 0 Å². The molecule has 2 atom stereocenters. The highest BCUT2D eigenvalue weighted by atomic mass is 16.4. The van der Waals surface area contributed by atoms with Crippen LogP contribution in [-0.2, 0) is 4.79 Å². The number of carboxylic acid groups (broad SMARTS) is 1. The van der Waals surface area contributed by atoms with Crippen molar-refractivity contribution >= 4 is 5.97 Å². The third kappa shape index (κ3) is 0.807. The van der Waals surface area contributed by atoms with Crippen molar-refractivity contribution in [3.8, 4) is 0 Å². The van der Waals surface area contributed by atoms with Gasteiger partial charge in [0.15, 0.2) is 0 Å². The molecule has 0 aliphatic carbocycles. The van der Waals surface area contributed by atoms with E-state index in [4.69, 9.17) is 5.11 Å². The summed E-state index contributed by atoms with van der Waals surface area (Å²) in [7, 11) is 0. The molecule has 2 heterocycles. The number of carboxylic acids is 1. The van der Waals surface area contributed by atoms with Crippen molar-refractivity contribution in [3.63, 3.8) is 0 Å². The van der Waals surface area contributed by atoms with Gasteiger partial charge < -0.3 is 5.11 Å². The number of nitrogens with zero attached hydrogens (tertiary/aromatic N) is 1. The van der Waals surface area contributed by atoms with Crippen LogP contribution >= 0.6 is 0 Å². The Kier molecular flexibility index (Phi) is 1.29. The second kappa shape index (κ2) is 2.08. The van der Waals surface area contributed by atoms with Crippen LogP contribution in [0.25, 0.3) is 0 Å². The van der Waals surface area contributed by atoms with Crippen molar-refractivity contribution in [2.45, 2.75) is 24.9 Å². The molecule has 0 aromatic rings. The first kappa shape index (κ1) is 6.85. The van der Waals surface area contributed by atoms with E-state index in [0.29, 0.717) is 6.04 Å². The Bertz CT molecular complexity index is 224. The minimum Gasteiger partial charge on any atom is -0.480 e. The second-order valence-electron chi connectivity index (χ2n) is 3.28. The first-order valence-corrected chi connectivity index (χ1v) is 3.86. The molecule has 0 bridgehead atoms. The molecular weight excluding hydrogens is 142 g/mol. The molecule has 2 rings (SSSR count). The molecule has 3 nitrogen and oxygen atoms in total. The average molecular weight is 153 g/mol. The van der Waals surface area contributed by atoms with E-state index < -0.39 is 5.97 Å². The lowest BCUT2D eigenvalue weighted by Gasteiger charge is -2.36. The molecule has 2 aliphatic rings. The van der Waals surface area contributed by atoms with Gasteiger partial charge in [0.25, 0.3) is 0 Å². The quantitative estimate of drug-likeness (QED) is 0.557. The summed E-state index contributed by atoms with van der Waals surface area (Å²) in [5, 5.41) is 8.80. The van der Waals surface area contributed by atoms with Gasteiger partial charge in [0.05, 0.1) is 0 Å². The van der Waals surface area contributed by atoms with Crippen LogP contribution < -0.4 is 0 Å². The Morgan fingerprint density at radius 3 is 2.73 bits per heavy atom. The maximum atomic E-state index is 10.7. The van der Waals surface area contributed by atoms with E-state index in [1.807, 2.05) is 4.90 Å². The van der Waals surface area contributed by atoms with Crippen LogP contribution in [0, 0.1) is 0 Å². The van der Waals surface area contributed by atoms with Crippen molar-refractivity contribution in [2.75, 3.05) is 6.54 Å². The molecule has 0 aromatic carbocycles. The highest BCUT2D eigenvalue weighted by molar-refractivity contribution is 5.78. The van der Waals surface area contributed by atoms with Crippen LogP contribution in [0.2, 0.25) is 0 Å². The summed E-state index contributed by atoms with van der Waals surface area (Å²) in [5.74, 6) is -0.739. The average Bonchev–Trinajstić information content (AvgIpc) is 2.10. The van der Waals surface area contributed by atoms with Gasteiger partial charge in [-0.15, -0.1) is 0 Å². The summed E-state index contributed by atoms with van der Waals surface area (Å²) in [6.07, 6.45) is 2.03. The number of carbonyl (C=O) groups is 1. The standard InChI is InChI=1S/C8H11NO2/c1-5-4-6-2-3-9(6)7(5)8(10)11/h6-7H,1-4H2,(H,10,11). The van der Waals surface area contributed by atoms with Crippen molar-refractivity contribution in [1.29, 1.82) is 0 Å². The molecule has 2 unspecified atom stereocenters. The smallest absolute Gasteiger partial charge is 0.325 e. The molecule has 0 amide bonds. The zero-order valence-electron chi connectivity index (χ0n) is 6.29. The van der Waals surface area contributed by atoms with Crippen molar-refractivity contribution in [1.82, 2.24) is 4.90 Å². The Morgan fingerprint density at radius 2 is 2.45 bits per heavy atom. The van der Waals surface area contributed by atoms with Crippen molar-refractivity contribution in [3.05, 3.63) is 12.2 Å². The van der Waals surface area contributed by atoms with Crippen molar-refractivity contribution in [2.24, 2.45) is 0 Å². The molecule has 0 saturated carbocycles. The predicted molar refractivity (Wildman–Crippen MR) is 40.3 cm³/mol. The van der Waals surface area contributed by atoms with E-state index in [9.17, 15) is 4.79 Å². The number of hydrogen-bond acceptors (Lipinski definition) is 2. The molecule has 1 N–H and O–H groups in total. The lowest BCUT2D eigenvalue weighted by molar-refractivity contribution is -0.142. The maximum Gasteiger partial charge on any atom is 0.325 e. The zero-order chi connectivity index (χ0) is 8.01. The van der Waals surface area contributed by atoms with Gasteiger partial charge >= 0.3 is 5.97 Å². The largest absolute Gasteiger partial charge is 0.480 e. The van der Waals surface area contributed by atoms with Crippen LogP contribution in [0.3, 0.4) is 0 Å². The number of aliphatic carboxylic acids is 1. The molecule has 2 saturated heterocycles. The molecule has 0 radical (unpaired) electrons. The Balaban J connectivity index is 2.19. The van der Waals surface area contributed by atoms with E-state index in [-0.39, 0.29) is 6.04 Å². The van der Waals surface area contributed by atoms with Gasteiger partial charge in [-0.2, -0.15) is 0 Å². The van der Waals surface area contributed by atoms with Gasteiger partial charge in [-0.05, 0) is 18.4 Å². The molecule has 0 aromatic heterocycles. The second-order valence-corrected chi connectivity index (χ2v) is 3.28. The maximum absolute atomic E-state index is 10.7. The first-order chi connectivity index (χ1) is 5.20. The Morgan fingerprint density at radius 1 is 1.73 bits per heavy atom. The van der Waals surface area contributed by atoms with Crippen LogP contribution in [0.15, 0.2) is 12.2 Å². The van der Waals surface area contributed by atoms with Gasteiger partial charge in [-0.25, -0.2) is 0 Å². The summed E-state index contributed by atoms with van der Waals surface area (Å²) >= 11 is 0. The topological polar surface area (TPSA) is 40.5 Å². The highest BCUT2D eigenvalue weighted by Crippen LogP contribution is 2.36. The Hall–Kier alpha value is -0.830. The molecule has 11 heavy (non-hydrogen) atoms. The normalized spacial score (nSPS) is 36.5. The lowest BCUT2D eigenvalue weighted by Crippen LogP contribution is -2.49. The van der Waals surface area contributed by atoms with E-state index in [1.165, 1.54) is 0 Å². The summed E-state index contributed by atoms with van der Waals surface area (Å²) in [4.78, 5) is 12.7. The SMILES string of the molecule is C=C1CC2CCN2C1C(=O)O. The molecular formula is C8H11NO2. The van der Waals surface area contributed by atoms with E-state index in [1.54, 1.807) is 0 Å². The molecule has 2 aliphatic heterocycles. The fraction of sp³-hybridized carbons (Fsp3) is 0.625. The van der Waals surface area contributed by atoms with E-state index in [2.05, 4.69) is 6.58 Å². The van der Waals surface area contributed by atoms with Crippen LogP contribution in [0.1, 0.15) is 12.8 Å². The van der Waals surface area contributed by atoms with Crippen LogP contribution in [-0.4, -0.2) is 34.6 Å². The lowest BCUT2D eigenvalue weighted by atomic mass is 10.0. The Labute approximate surface area is 65.3 Å². The third-order valence-electron chi connectivity index (χ3n) is 2.64. The molecule has 0 spiro atoms. The summed E-state index contributed by atoms with van der Waals surface area (Å²) in [6.45, 7) is 4.71. The number of rotatable bonds is 1. The minimum atomic E-state index is -0.739. The van der Waals surface area contributed by atoms with E-state index in [0.717, 1.165) is 25.0 Å². The zero-order valence-corrected chi connectivity index (χ0v) is 6.29. The molecule has 60 valence electrons. The fourth-order valence-electron chi connectivity index (χ4n) is 1.99. The summed E-state index contributed by atoms with van der Waals surface area (Å²) in [5.41, 5.74) is 0.875. The minimum absolute atomic E-state index is 0.381. The summed E-state index contributed by atoms with van der Waals surface area (Å²) in [6, 6.07) is 0.109. The van der Waals surface area contributed by atoms with Crippen LogP contribution in [0.4, 0.5) is 0 Å². The van der Waals surface area contributed by atoms with Gasteiger partial charge in [-0.1, -0.05) is 6.58 Å². The first-order valence-electron chi connectivity index (χ1n) is 3.86. The predicted octanol–water partition coefficient (Wildman–Crippen LogP) is 0.474.